The Balaban J connectivity index is 0.000000187. The molecule has 1 N–H and O–H groups in total. The molecule has 4 aromatic carbocycles. The third-order valence-corrected chi connectivity index (χ3v) is 9.83. The van der Waals surface area contributed by atoms with Crippen LogP contribution in [-0.4, -0.2) is 37.1 Å². The average molecular weight is 688 g/mol. The SMILES string of the molecule is CCCC=O.CCCCNC(=O)CN1c2ccccc2Sc2ccccc21.O=C(CCCCl)N1c2ccccc2Sc2ccccc21. The monoisotopic (exact) mass is 687 g/mol. The summed E-state index contributed by atoms with van der Waals surface area (Å²) < 4.78 is 0. The second-order valence-corrected chi connectivity index (χ2v) is 13.4. The van der Waals surface area contributed by atoms with Crippen LogP contribution < -0.4 is 15.1 Å². The van der Waals surface area contributed by atoms with Crippen LogP contribution in [0.3, 0.4) is 0 Å². The highest BCUT2D eigenvalue weighted by Gasteiger charge is 2.27. The summed E-state index contributed by atoms with van der Waals surface area (Å²) in [5.41, 5.74) is 4.15. The molecule has 0 fully saturated rings. The van der Waals surface area contributed by atoms with Crippen LogP contribution >= 0.6 is 35.1 Å². The maximum Gasteiger partial charge on any atom is 0.239 e. The van der Waals surface area contributed by atoms with Gasteiger partial charge in [-0.3, -0.25) is 14.5 Å². The summed E-state index contributed by atoms with van der Waals surface area (Å²) in [4.78, 5) is 42.8. The number of hydrogen-bond acceptors (Lipinski definition) is 6. The van der Waals surface area contributed by atoms with Crippen LogP contribution in [0.1, 0.15) is 52.4 Å². The molecule has 0 aliphatic carbocycles. The Kier molecular flexibility index (Phi) is 14.7. The summed E-state index contributed by atoms with van der Waals surface area (Å²) >= 11 is 9.18. The summed E-state index contributed by atoms with van der Waals surface area (Å²) in [5.74, 6) is 0.688. The molecule has 0 saturated carbocycles. The molecule has 0 unspecified atom stereocenters. The molecule has 4 aromatic rings. The van der Waals surface area contributed by atoms with Crippen LogP contribution in [0.25, 0.3) is 0 Å². The summed E-state index contributed by atoms with van der Waals surface area (Å²) in [7, 11) is 0. The van der Waals surface area contributed by atoms with Crippen LogP contribution in [0, 0.1) is 0 Å². The Morgan fingerprint density at radius 3 is 1.60 bits per heavy atom. The zero-order valence-corrected chi connectivity index (χ0v) is 29.4. The first-order valence-electron chi connectivity index (χ1n) is 16.1. The zero-order chi connectivity index (χ0) is 33.4. The molecule has 47 heavy (non-hydrogen) atoms. The van der Waals surface area contributed by atoms with Crippen molar-refractivity contribution in [2.45, 2.75) is 72.0 Å². The van der Waals surface area contributed by atoms with E-state index in [1.807, 2.05) is 72.5 Å². The van der Waals surface area contributed by atoms with Crippen molar-refractivity contribution in [1.29, 1.82) is 0 Å². The van der Waals surface area contributed by atoms with E-state index in [4.69, 9.17) is 11.6 Å². The third kappa shape index (κ3) is 9.89. The predicted molar refractivity (Wildman–Crippen MR) is 197 cm³/mol. The van der Waals surface area contributed by atoms with Crippen molar-refractivity contribution in [1.82, 2.24) is 5.32 Å². The molecule has 0 atom stereocenters. The van der Waals surface area contributed by atoms with Gasteiger partial charge in [0.1, 0.15) is 12.8 Å². The summed E-state index contributed by atoms with van der Waals surface area (Å²) in [5, 5.41) is 3.01. The van der Waals surface area contributed by atoms with Gasteiger partial charge in [-0.2, -0.15) is 0 Å². The highest BCUT2D eigenvalue weighted by molar-refractivity contribution is 8.00. The number of fused-ring (bicyclic) bond motifs is 4. The first kappa shape index (κ1) is 36.1. The number of nitrogens with one attached hydrogen (secondary N) is 1. The van der Waals surface area contributed by atoms with Crippen LogP contribution in [0.4, 0.5) is 22.7 Å². The molecule has 2 aliphatic heterocycles. The molecule has 6 rings (SSSR count). The smallest absolute Gasteiger partial charge is 0.239 e. The standard InChI is InChI=1S/C18H20N2OS.C16H14ClNOS.C4H8O/c1-2-3-12-19-18(21)13-20-14-8-4-6-10-16(14)22-17-11-7-5-9-15(17)20;17-11-5-10-16(19)18-12-6-1-3-8-14(12)20-15-9-4-2-7-13(15)18;1-2-3-4-5/h4-11H,2-3,12-13H2,1H3,(H,19,21);1-4,6-9H,5,10-11H2;4H,2-3H2,1H3. The third-order valence-electron chi connectivity index (χ3n) is 7.30. The van der Waals surface area contributed by atoms with Gasteiger partial charge >= 0.3 is 0 Å². The molecule has 0 saturated heterocycles. The number of carbonyl (C=O) groups excluding carboxylic acids is 3. The highest BCUT2D eigenvalue weighted by atomic mass is 35.5. The van der Waals surface area contributed by atoms with Crippen LogP contribution in [0.2, 0.25) is 0 Å². The number of hydrogen-bond donors (Lipinski definition) is 1. The Labute approximate surface area is 292 Å². The highest BCUT2D eigenvalue weighted by Crippen LogP contribution is 2.49. The van der Waals surface area contributed by atoms with Gasteiger partial charge in [-0.1, -0.05) is 92.3 Å². The van der Waals surface area contributed by atoms with E-state index in [2.05, 4.69) is 53.5 Å². The first-order valence-corrected chi connectivity index (χ1v) is 18.3. The normalized spacial score (nSPS) is 12.1. The van der Waals surface area contributed by atoms with Crippen molar-refractivity contribution in [2.24, 2.45) is 0 Å². The maximum atomic E-state index is 12.5. The van der Waals surface area contributed by atoms with Crippen LogP contribution in [0.15, 0.2) is 117 Å². The lowest BCUT2D eigenvalue weighted by Crippen LogP contribution is -2.36. The van der Waals surface area contributed by atoms with Crippen molar-refractivity contribution in [2.75, 3.05) is 28.8 Å². The van der Waals surface area contributed by atoms with E-state index in [0.717, 1.165) is 64.6 Å². The van der Waals surface area contributed by atoms with Gasteiger partial charge in [0.15, 0.2) is 0 Å². The number of unbranched alkanes of at least 4 members (excludes halogenated alkanes) is 2. The molecule has 9 heteroatoms. The molecule has 6 nitrogen and oxygen atoms in total. The summed E-state index contributed by atoms with van der Waals surface area (Å²) in [6, 6.07) is 32.5. The van der Waals surface area contributed by atoms with Crippen LogP contribution in [-0.2, 0) is 14.4 Å². The lowest BCUT2D eigenvalue weighted by molar-refractivity contribution is -0.120. The van der Waals surface area contributed by atoms with E-state index in [0.29, 0.717) is 31.7 Å². The fourth-order valence-corrected chi connectivity index (χ4v) is 7.26. The summed E-state index contributed by atoms with van der Waals surface area (Å²) in [6.45, 7) is 5.22. The minimum Gasteiger partial charge on any atom is -0.355 e. The Hall–Kier alpha value is -3.72. The number of alkyl halides is 1. The maximum absolute atomic E-state index is 12.5. The first-order chi connectivity index (χ1) is 23.0. The van der Waals surface area contributed by atoms with E-state index < -0.39 is 0 Å². The largest absolute Gasteiger partial charge is 0.355 e. The molecule has 246 valence electrons. The molecular formula is C38H42ClN3O3S2. The van der Waals surface area contributed by atoms with E-state index in [1.165, 1.54) is 9.79 Å². The minimum absolute atomic E-state index is 0.0740. The quantitative estimate of drug-likeness (QED) is 0.102. The van der Waals surface area contributed by atoms with Gasteiger partial charge in [-0.25, -0.2) is 0 Å². The van der Waals surface area contributed by atoms with E-state index in [-0.39, 0.29) is 11.8 Å². The van der Waals surface area contributed by atoms with Gasteiger partial charge in [0.05, 0.1) is 22.7 Å². The Bertz CT molecular complexity index is 1540. The van der Waals surface area contributed by atoms with Crippen molar-refractivity contribution < 1.29 is 14.4 Å². The Morgan fingerprint density at radius 1 is 0.702 bits per heavy atom. The van der Waals surface area contributed by atoms with Crippen LogP contribution in [0.5, 0.6) is 0 Å². The van der Waals surface area contributed by atoms with E-state index in [9.17, 15) is 14.4 Å². The molecule has 0 spiro atoms. The molecule has 2 amide bonds. The summed E-state index contributed by atoms with van der Waals surface area (Å²) in [6.07, 6.45) is 5.90. The van der Waals surface area contributed by atoms with Gasteiger partial charge < -0.3 is 15.0 Å². The zero-order valence-electron chi connectivity index (χ0n) is 27.0. The van der Waals surface area contributed by atoms with Gasteiger partial charge in [-0.15, -0.1) is 11.6 Å². The van der Waals surface area contributed by atoms with Crippen molar-refractivity contribution in [3.8, 4) is 0 Å². The fourth-order valence-electron chi connectivity index (χ4n) is 4.98. The second-order valence-electron chi connectivity index (χ2n) is 10.8. The van der Waals surface area contributed by atoms with Gasteiger partial charge in [0, 0.05) is 44.8 Å². The van der Waals surface area contributed by atoms with Gasteiger partial charge in [0.2, 0.25) is 11.8 Å². The number of carbonyl (C=O) groups is 3. The van der Waals surface area contributed by atoms with Crippen molar-refractivity contribution in [3.05, 3.63) is 97.1 Å². The molecule has 2 aliphatic rings. The fraction of sp³-hybridized carbons (Fsp3) is 0.289. The van der Waals surface area contributed by atoms with E-state index >= 15 is 0 Å². The van der Waals surface area contributed by atoms with Crippen molar-refractivity contribution in [3.63, 3.8) is 0 Å². The molecule has 0 radical (unpaired) electrons. The van der Waals surface area contributed by atoms with E-state index in [1.54, 1.807) is 23.5 Å². The number of para-hydroxylation sites is 4. The topological polar surface area (TPSA) is 69.7 Å². The average Bonchev–Trinajstić information content (AvgIpc) is 3.10. The second kappa shape index (κ2) is 19.2. The lowest BCUT2D eigenvalue weighted by Gasteiger charge is -2.32. The number of rotatable bonds is 10. The number of amides is 2. The molecule has 0 aromatic heterocycles. The van der Waals surface area contributed by atoms with Gasteiger partial charge in [0.25, 0.3) is 0 Å². The molecule has 0 bridgehead atoms. The number of anilines is 4. The minimum atomic E-state index is 0.0740. The van der Waals surface area contributed by atoms with Gasteiger partial charge in [-0.05, 0) is 67.8 Å². The number of benzene rings is 4. The molecular weight excluding hydrogens is 646 g/mol. The number of nitrogens with zero attached hydrogens (tertiary/aromatic N) is 2. The van der Waals surface area contributed by atoms with Crippen molar-refractivity contribution >= 4 is 76.0 Å². The Morgan fingerprint density at radius 2 is 1.17 bits per heavy atom. The number of aldehydes is 1. The predicted octanol–water partition coefficient (Wildman–Crippen LogP) is 10.0. The molecule has 2 heterocycles. The lowest BCUT2D eigenvalue weighted by atomic mass is 10.2. The number of halogens is 1.